The average molecular weight is 647 g/mol. The van der Waals surface area contributed by atoms with E-state index in [0.29, 0.717) is 17.8 Å². The zero-order chi connectivity index (χ0) is 33.8. The second kappa shape index (κ2) is 11.0. The Labute approximate surface area is 240 Å². The normalized spacial score (nSPS) is 19.0. The molecule has 1 aliphatic carbocycles. The molecular weight excluding hydrogens is 620 g/mol. The quantitative estimate of drug-likeness (QED) is 0.339. The van der Waals surface area contributed by atoms with Crippen LogP contribution >= 0.6 is 0 Å². The highest BCUT2D eigenvalue weighted by atomic mass is 32.2. The average Bonchev–Trinajstić information content (AvgIpc) is 3.29. The Bertz CT molecular complexity index is 1820. The summed E-state index contributed by atoms with van der Waals surface area (Å²) in [6.45, 7) is -1.80. The minimum atomic E-state index is -5.36. The first-order valence-electron chi connectivity index (χ1n) is 13.1. The van der Waals surface area contributed by atoms with Gasteiger partial charge in [-0.3, -0.25) is 4.72 Å². The van der Waals surface area contributed by atoms with Gasteiger partial charge in [0.05, 0.1) is 16.1 Å². The fourth-order valence-electron chi connectivity index (χ4n) is 4.37. The number of alkyl halides is 5. The Kier molecular flexibility index (Phi) is 7.13. The van der Waals surface area contributed by atoms with Crippen LogP contribution in [-0.2, 0) is 37.6 Å². The summed E-state index contributed by atoms with van der Waals surface area (Å²) in [7, 11) is -12.6. The first-order chi connectivity index (χ1) is 20.6. The largest absolute Gasteiger partial charge is 0.478 e. The lowest BCUT2D eigenvalue weighted by molar-refractivity contribution is -0.273. The molecule has 0 aliphatic heterocycles. The summed E-state index contributed by atoms with van der Waals surface area (Å²) in [6.07, 6.45) is -8.26. The smallest absolute Gasteiger partial charge is 0.417 e. The van der Waals surface area contributed by atoms with Crippen molar-refractivity contribution in [2.45, 2.75) is 54.4 Å². The van der Waals surface area contributed by atoms with Gasteiger partial charge in [0.25, 0.3) is 25.9 Å². The first-order valence-corrected chi connectivity index (χ1v) is 14.6. The molecule has 1 aromatic carbocycles. The number of pyridine rings is 1. The summed E-state index contributed by atoms with van der Waals surface area (Å²) >= 11 is 0. The number of hydrogen-bond donors (Lipinski definition) is 1. The van der Waals surface area contributed by atoms with Crippen LogP contribution in [0.5, 0.6) is 11.6 Å². The Hall–Kier alpha value is -3.51. The maximum atomic E-state index is 14.8. The van der Waals surface area contributed by atoms with E-state index in [-0.39, 0.29) is 3.97 Å². The number of aromatic nitrogens is 2. The van der Waals surface area contributed by atoms with Gasteiger partial charge in [0.2, 0.25) is 0 Å². The zero-order valence-electron chi connectivity index (χ0n) is 24.5. The Balaban J connectivity index is 1.91. The standard InChI is InChI=1S/C24H23F6N3O7S2/c1-13-4-6-14(7-5-13)42(36,37)33-12-19(15-8-9-23(39-3,11-17(15)33)24(28,29)30)41(34,35)32-20-16(25)10-18(40-22(26)27)21(31-20)38-2/h4-7,10,12,22H,8-9,11H2,1-3H3,(H,31,32)/t23-/m1/s1/i3D3. The predicted molar refractivity (Wildman–Crippen MR) is 134 cm³/mol. The van der Waals surface area contributed by atoms with Gasteiger partial charge in [-0.2, -0.15) is 26.9 Å². The summed E-state index contributed by atoms with van der Waals surface area (Å²) in [4.78, 5) is 2.11. The molecule has 1 N–H and O–H groups in total. The number of halogens is 6. The van der Waals surface area contributed by atoms with E-state index in [2.05, 4.69) is 14.5 Å². The summed E-state index contributed by atoms with van der Waals surface area (Å²) in [6, 6.07) is 5.34. The van der Waals surface area contributed by atoms with E-state index >= 15 is 0 Å². The highest BCUT2D eigenvalue weighted by Gasteiger charge is 2.58. The lowest BCUT2D eigenvalue weighted by Gasteiger charge is -2.38. The van der Waals surface area contributed by atoms with Crippen LogP contribution in [0.4, 0.5) is 32.2 Å². The molecule has 3 aromatic rings. The molecule has 0 amide bonds. The molecule has 1 aliphatic rings. The second-order valence-corrected chi connectivity index (χ2v) is 12.6. The molecule has 0 saturated carbocycles. The van der Waals surface area contributed by atoms with Gasteiger partial charge in [-0.15, -0.1) is 0 Å². The van der Waals surface area contributed by atoms with Gasteiger partial charge in [0.15, 0.2) is 23.0 Å². The van der Waals surface area contributed by atoms with E-state index in [9.17, 15) is 43.2 Å². The van der Waals surface area contributed by atoms with E-state index in [1.54, 1.807) is 11.6 Å². The van der Waals surface area contributed by atoms with E-state index in [4.69, 9.17) is 8.85 Å². The highest BCUT2D eigenvalue weighted by Crippen LogP contribution is 2.46. The second-order valence-electron chi connectivity index (χ2n) is 9.11. The summed E-state index contributed by atoms with van der Waals surface area (Å²) in [5.74, 6) is -4.30. The number of methoxy groups -OCH3 is 2. The molecule has 18 heteroatoms. The van der Waals surface area contributed by atoms with Gasteiger partial charge in [-0.25, -0.2) is 25.2 Å². The van der Waals surface area contributed by atoms with Crippen molar-refractivity contribution in [1.29, 1.82) is 0 Å². The number of nitrogens with zero attached hydrogens (tertiary/aromatic N) is 2. The molecule has 0 bridgehead atoms. The summed E-state index contributed by atoms with van der Waals surface area (Å²) in [5, 5.41) is 0. The van der Waals surface area contributed by atoms with Crippen LogP contribution in [0.15, 0.2) is 46.3 Å². The van der Waals surface area contributed by atoms with E-state index in [0.717, 1.165) is 19.2 Å². The highest BCUT2D eigenvalue weighted by molar-refractivity contribution is 7.93. The topological polar surface area (TPSA) is 126 Å². The van der Waals surface area contributed by atoms with Crippen molar-refractivity contribution >= 4 is 25.9 Å². The molecule has 10 nitrogen and oxygen atoms in total. The zero-order valence-corrected chi connectivity index (χ0v) is 23.1. The van der Waals surface area contributed by atoms with Crippen LogP contribution in [0.2, 0.25) is 0 Å². The third-order valence-electron chi connectivity index (χ3n) is 6.51. The lowest BCUT2D eigenvalue weighted by atomic mass is 9.83. The molecule has 0 radical (unpaired) electrons. The number of aryl methyl sites for hydroxylation is 1. The molecule has 4 rings (SSSR count). The third kappa shape index (κ3) is 5.61. The lowest BCUT2D eigenvalue weighted by Crippen LogP contribution is -2.51. The van der Waals surface area contributed by atoms with Gasteiger partial charge in [0, 0.05) is 31.4 Å². The Morgan fingerprint density at radius 1 is 1.17 bits per heavy atom. The number of anilines is 1. The molecule has 0 spiro atoms. The number of rotatable bonds is 9. The minimum Gasteiger partial charge on any atom is -0.478 e. The number of ether oxygens (including phenoxy) is 3. The maximum absolute atomic E-state index is 14.8. The van der Waals surface area contributed by atoms with Crippen molar-refractivity contribution in [3.8, 4) is 11.6 Å². The summed E-state index contributed by atoms with van der Waals surface area (Å²) in [5.41, 5.74) is -4.04. The van der Waals surface area contributed by atoms with Gasteiger partial charge < -0.3 is 14.2 Å². The van der Waals surface area contributed by atoms with E-state index < -0.39 is 109 Å². The fraction of sp³-hybridized carbons (Fsp3) is 0.375. The molecule has 0 fully saturated rings. The Morgan fingerprint density at radius 2 is 1.83 bits per heavy atom. The maximum Gasteiger partial charge on any atom is 0.417 e. The molecule has 2 heterocycles. The van der Waals surface area contributed by atoms with Crippen molar-refractivity contribution in [1.82, 2.24) is 8.96 Å². The molecule has 0 saturated heterocycles. The SMILES string of the molecule is [2H]C([2H])([2H])O[C@]1(C(F)(F)F)CCc2c(S(=O)(=O)Nc3nc(OC)c(OC(F)F)cc3F)cn(S(=O)(=O)c3ccc(C)cc3)c2C1. The molecular formula is C24H23F6N3O7S2. The van der Waals surface area contributed by atoms with Crippen molar-refractivity contribution in [3.63, 3.8) is 0 Å². The van der Waals surface area contributed by atoms with Crippen molar-refractivity contribution < 1.29 is 61.5 Å². The predicted octanol–water partition coefficient (Wildman–Crippen LogP) is 4.41. The molecule has 2 aromatic heterocycles. The monoisotopic (exact) mass is 646 g/mol. The van der Waals surface area contributed by atoms with Crippen LogP contribution in [0, 0.1) is 12.7 Å². The van der Waals surface area contributed by atoms with Crippen LogP contribution in [-0.4, -0.2) is 58.3 Å². The van der Waals surface area contributed by atoms with Gasteiger partial charge >= 0.3 is 12.8 Å². The first kappa shape index (κ1) is 27.3. The van der Waals surface area contributed by atoms with Gasteiger partial charge in [0.1, 0.15) is 4.90 Å². The van der Waals surface area contributed by atoms with E-state index in [1.165, 1.54) is 12.1 Å². The number of sulfonamides is 1. The van der Waals surface area contributed by atoms with Crippen LogP contribution in [0.25, 0.3) is 0 Å². The Morgan fingerprint density at radius 3 is 2.40 bits per heavy atom. The van der Waals surface area contributed by atoms with Gasteiger partial charge in [-0.05, 0) is 37.5 Å². The number of hydrogen-bond acceptors (Lipinski definition) is 8. The fourth-order valence-corrected chi connectivity index (χ4v) is 7.15. The van der Waals surface area contributed by atoms with Crippen molar-refractivity contribution in [2.75, 3.05) is 18.9 Å². The molecule has 42 heavy (non-hydrogen) atoms. The third-order valence-corrected chi connectivity index (χ3v) is 9.61. The van der Waals surface area contributed by atoms with Crippen LogP contribution in [0.1, 0.15) is 27.4 Å². The van der Waals surface area contributed by atoms with Crippen LogP contribution in [0.3, 0.4) is 0 Å². The van der Waals surface area contributed by atoms with Crippen molar-refractivity contribution in [3.05, 3.63) is 59.2 Å². The van der Waals surface area contributed by atoms with E-state index in [1.807, 2.05) is 0 Å². The van der Waals surface area contributed by atoms with Gasteiger partial charge in [-0.1, -0.05) is 17.7 Å². The molecule has 1 atom stereocenters. The van der Waals surface area contributed by atoms with Crippen molar-refractivity contribution in [2.24, 2.45) is 0 Å². The number of fused-ring (bicyclic) bond motifs is 1. The minimum absolute atomic E-state index is 0.272. The van der Waals surface area contributed by atoms with Crippen LogP contribution < -0.4 is 14.2 Å². The molecule has 0 unspecified atom stereocenters. The number of benzene rings is 1. The molecule has 230 valence electrons. The number of nitrogens with one attached hydrogen (secondary N) is 1. The summed E-state index contributed by atoms with van der Waals surface area (Å²) < 4.78 is 175.